The molecule has 0 aliphatic rings. The predicted molar refractivity (Wildman–Crippen MR) is 70.3 cm³/mol. The van der Waals surface area contributed by atoms with E-state index in [0.29, 0.717) is 10.7 Å². The highest BCUT2D eigenvalue weighted by Gasteiger charge is 2.03. The summed E-state index contributed by atoms with van der Waals surface area (Å²) < 4.78 is 0. The zero-order chi connectivity index (χ0) is 11.5. The summed E-state index contributed by atoms with van der Waals surface area (Å²) in [6.45, 7) is 1.94. The number of aryl methyl sites for hydroxylation is 1. The number of nitrogen functional groups attached to an aromatic ring is 1. The Kier molecular flexibility index (Phi) is 3.02. The summed E-state index contributed by atoms with van der Waals surface area (Å²) in [5.74, 6) is 0. The van der Waals surface area contributed by atoms with Crippen LogP contribution in [-0.2, 0) is 0 Å². The number of para-hydroxylation sites is 1. The first-order valence-corrected chi connectivity index (χ1v) is 5.42. The fraction of sp³-hybridized carbons (Fsp3) is 0.0769. The Bertz CT molecular complexity index is 495. The maximum absolute atomic E-state index is 6.06. The molecule has 0 aliphatic carbocycles. The van der Waals surface area contributed by atoms with Crippen molar-refractivity contribution in [1.29, 1.82) is 0 Å². The molecule has 0 atom stereocenters. The van der Waals surface area contributed by atoms with Crippen LogP contribution in [0.5, 0.6) is 0 Å². The molecule has 0 spiro atoms. The molecule has 82 valence electrons. The van der Waals surface area contributed by atoms with Crippen LogP contribution in [0.25, 0.3) is 0 Å². The number of nitrogens with two attached hydrogens (primary N) is 1. The second-order valence-electron chi connectivity index (χ2n) is 3.68. The van der Waals surface area contributed by atoms with Gasteiger partial charge in [0.25, 0.3) is 0 Å². The van der Waals surface area contributed by atoms with E-state index in [4.69, 9.17) is 17.3 Å². The predicted octanol–water partition coefficient (Wildman–Crippen LogP) is 3.97. The number of hydrogen-bond acceptors (Lipinski definition) is 2. The molecule has 0 amide bonds. The van der Waals surface area contributed by atoms with E-state index in [0.717, 1.165) is 16.9 Å². The van der Waals surface area contributed by atoms with Gasteiger partial charge in [0, 0.05) is 10.7 Å². The first-order chi connectivity index (χ1) is 7.66. The van der Waals surface area contributed by atoms with Crippen LogP contribution in [0.3, 0.4) is 0 Å². The molecule has 0 heterocycles. The van der Waals surface area contributed by atoms with Gasteiger partial charge in [-0.25, -0.2) is 0 Å². The van der Waals surface area contributed by atoms with Crippen molar-refractivity contribution < 1.29 is 0 Å². The summed E-state index contributed by atoms with van der Waals surface area (Å²) in [5, 5.41) is 3.95. The lowest BCUT2D eigenvalue weighted by atomic mass is 10.2. The Morgan fingerprint density at radius 2 is 1.81 bits per heavy atom. The summed E-state index contributed by atoms with van der Waals surface area (Å²) in [6.07, 6.45) is 0. The fourth-order valence-electron chi connectivity index (χ4n) is 1.49. The largest absolute Gasteiger partial charge is 0.397 e. The maximum Gasteiger partial charge on any atom is 0.0633 e. The smallest absolute Gasteiger partial charge is 0.0633 e. The lowest BCUT2D eigenvalue weighted by Gasteiger charge is -2.11. The van der Waals surface area contributed by atoms with Crippen LogP contribution in [-0.4, -0.2) is 0 Å². The maximum atomic E-state index is 6.06. The average molecular weight is 233 g/mol. The molecule has 0 radical (unpaired) electrons. The van der Waals surface area contributed by atoms with Gasteiger partial charge in [-0.15, -0.1) is 0 Å². The number of rotatable bonds is 2. The molecule has 0 unspecified atom stereocenters. The van der Waals surface area contributed by atoms with Crippen LogP contribution in [0.2, 0.25) is 5.02 Å². The molecule has 16 heavy (non-hydrogen) atoms. The Morgan fingerprint density at radius 3 is 2.50 bits per heavy atom. The Hall–Kier alpha value is -1.67. The molecule has 0 bridgehead atoms. The normalized spacial score (nSPS) is 10.1. The highest BCUT2D eigenvalue weighted by molar-refractivity contribution is 6.31. The topological polar surface area (TPSA) is 38.0 Å². The first-order valence-electron chi connectivity index (χ1n) is 5.04. The van der Waals surface area contributed by atoms with Gasteiger partial charge in [-0.1, -0.05) is 29.8 Å². The van der Waals surface area contributed by atoms with E-state index in [-0.39, 0.29) is 0 Å². The van der Waals surface area contributed by atoms with Gasteiger partial charge in [0.2, 0.25) is 0 Å². The Balaban J connectivity index is 2.32. The zero-order valence-corrected chi connectivity index (χ0v) is 9.75. The van der Waals surface area contributed by atoms with Crippen molar-refractivity contribution in [2.75, 3.05) is 11.1 Å². The van der Waals surface area contributed by atoms with Crippen molar-refractivity contribution in [1.82, 2.24) is 0 Å². The van der Waals surface area contributed by atoms with Gasteiger partial charge in [-0.2, -0.15) is 0 Å². The van der Waals surface area contributed by atoms with Crippen LogP contribution < -0.4 is 11.1 Å². The fourth-order valence-corrected chi connectivity index (χ4v) is 1.65. The molecule has 2 aromatic carbocycles. The third kappa shape index (κ3) is 2.28. The highest BCUT2D eigenvalue weighted by atomic mass is 35.5. The number of halogens is 1. The molecule has 3 heteroatoms. The van der Waals surface area contributed by atoms with Crippen LogP contribution in [0.1, 0.15) is 5.56 Å². The third-order valence-electron chi connectivity index (χ3n) is 2.38. The monoisotopic (exact) mass is 232 g/mol. The molecular weight excluding hydrogens is 220 g/mol. The SMILES string of the molecule is Cc1cc(N)c(Nc2ccccc2)cc1Cl. The lowest BCUT2D eigenvalue weighted by Crippen LogP contribution is -1.97. The Morgan fingerprint density at radius 1 is 1.12 bits per heavy atom. The van der Waals surface area contributed by atoms with Gasteiger partial charge in [0.15, 0.2) is 0 Å². The van der Waals surface area contributed by atoms with E-state index in [1.807, 2.05) is 49.4 Å². The zero-order valence-electron chi connectivity index (χ0n) is 9.00. The van der Waals surface area contributed by atoms with Gasteiger partial charge in [0.1, 0.15) is 0 Å². The second-order valence-corrected chi connectivity index (χ2v) is 4.09. The van der Waals surface area contributed by atoms with Gasteiger partial charge in [0.05, 0.1) is 11.4 Å². The molecule has 3 N–H and O–H groups in total. The highest BCUT2D eigenvalue weighted by Crippen LogP contribution is 2.29. The second kappa shape index (κ2) is 4.45. The van der Waals surface area contributed by atoms with Crippen LogP contribution in [0, 0.1) is 6.92 Å². The standard InChI is InChI=1S/C13H13ClN2/c1-9-7-12(15)13(8-11(9)14)16-10-5-3-2-4-6-10/h2-8,16H,15H2,1H3. The van der Waals surface area contributed by atoms with Crippen molar-refractivity contribution in [2.45, 2.75) is 6.92 Å². The van der Waals surface area contributed by atoms with Crippen molar-refractivity contribution >= 4 is 28.7 Å². The average Bonchev–Trinajstić information content (AvgIpc) is 2.27. The number of nitrogens with one attached hydrogen (secondary N) is 1. The number of benzene rings is 2. The summed E-state index contributed by atoms with van der Waals surface area (Å²) >= 11 is 6.06. The molecule has 2 rings (SSSR count). The number of anilines is 3. The van der Waals surface area contributed by atoms with Crippen LogP contribution >= 0.6 is 11.6 Å². The van der Waals surface area contributed by atoms with Crippen LogP contribution in [0.15, 0.2) is 42.5 Å². The van der Waals surface area contributed by atoms with Crippen molar-refractivity contribution in [2.24, 2.45) is 0 Å². The van der Waals surface area contributed by atoms with E-state index in [1.165, 1.54) is 0 Å². The molecule has 2 nitrogen and oxygen atoms in total. The van der Waals surface area contributed by atoms with Crippen molar-refractivity contribution in [3.63, 3.8) is 0 Å². The Labute approximate surface area is 100 Å². The summed E-state index contributed by atoms with van der Waals surface area (Å²) in [5.41, 5.74) is 9.43. The van der Waals surface area contributed by atoms with E-state index in [1.54, 1.807) is 0 Å². The minimum atomic E-state index is 0.700. The molecule has 0 saturated carbocycles. The van der Waals surface area contributed by atoms with Gasteiger partial charge >= 0.3 is 0 Å². The van der Waals surface area contributed by atoms with E-state index < -0.39 is 0 Å². The van der Waals surface area contributed by atoms with Gasteiger partial charge in [-0.05, 0) is 36.8 Å². The number of hydrogen-bond donors (Lipinski definition) is 2. The molecule has 2 aromatic rings. The molecule has 0 fully saturated rings. The lowest BCUT2D eigenvalue weighted by molar-refractivity contribution is 1.45. The molecule has 0 saturated heterocycles. The van der Waals surface area contributed by atoms with E-state index >= 15 is 0 Å². The molecule has 0 aromatic heterocycles. The van der Waals surface area contributed by atoms with Crippen molar-refractivity contribution in [3.8, 4) is 0 Å². The van der Waals surface area contributed by atoms with E-state index in [9.17, 15) is 0 Å². The quantitative estimate of drug-likeness (QED) is 0.769. The van der Waals surface area contributed by atoms with Gasteiger partial charge < -0.3 is 11.1 Å². The minimum absolute atomic E-state index is 0.700. The van der Waals surface area contributed by atoms with Crippen molar-refractivity contribution in [3.05, 3.63) is 53.1 Å². The van der Waals surface area contributed by atoms with Crippen LogP contribution in [0.4, 0.5) is 17.1 Å². The minimum Gasteiger partial charge on any atom is -0.397 e. The third-order valence-corrected chi connectivity index (χ3v) is 2.79. The van der Waals surface area contributed by atoms with E-state index in [2.05, 4.69) is 5.32 Å². The van der Waals surface area contributed by atoms with Gasteiger partial charge in [-0.3, -0.25) is 0 Å². The summed E-state index contributed by atoms with van der Waals surface area (Å²) in [4.78, 5) is 0. The molecular formula is C13H13ClN2. The summed E-state index contributed by atoms with van der Waals surface area (Å²) in [6, 6.07) is 13.6. The summed E-state index contributed by atoms with van der Waals surface area (Å²) in [7, 11) is 0. The molecule has 0 aliphatic heterocycles. The first kappa shape index (κ1) is 10.8.